The highest BCUT2D eigenvalue weighted by Gasteiger charge is 2.59. The Labute approximate surface area is 380 Å². The number of rotatable bonds is 14. The number of fused-ring (bicyclic) bond motifs is 4. The minimum absolute atomic E-state index is 0.000915. The molecule has 1 aliphatic carbocycles. The van der Waals surface area contributed by atoms with Crippen molar-refractivity contribution < 1.29 is 23.9 Å². The highest BCUT2D eigenvalue weighted by atomic mass is 28.4. The number of imide groups is 1. The molecule has 5 aromatic rings. The third-order valence-corrected chi connectivity index (χ3v) is 19.7. The molecule has 3 fully saturated rings. The molecule has 1 N–H and O–H groups in total. The number of hydrogen-bond donors (Lipinski definition) is 1. The summed E-state index contributed by atoms with van der Waals surface area (Å²) in [6.07, 6.45) is 7.79. The number of hydrogen-bond acceptors (Lipinski definition) is 6. The maximum Gasteiger partial charge on any atom is 0.261 e. The van der Waals surface area contributed by atoms with Crippen molar-refractivity contribution in [1.29, 1.82) is 0 Å². The second-order valence-electron chi connectivity index (χ2n) is 19.6. The van der Waals surface area contributed by atoms with Crippen LogP contribution in [0.2, 0.25) is 5.04 Å². The minimum atomic E-state index is -2.92. The number of benzene rings is 5. The first kappa shape index (κ1) is 44.1. The zero-order valence-electron chi connectivity index (χ0n) is 38.0. The van der Waals surface area contributed by atoms with Gasteiger partial charge in [-0.15, -0.1) is 0 Å². The summed E-state index contributed by atoms with van der Waals surface area (Å²) in [5, 5.41) is 14.7. The first-order valence-corrected chi connectivity index (χ1v) is 25.6. The normalized spacial score (nSPS) is 22.4. The van der Waals surface area contributed by atoms with Crippen molar-refractivity contribution in [3.05, 3.63) is 155 Å². The molecular formula is C56H64N2O5Si. The molecule has 0 spiro atoms. The molecular weight excluding hydrogens is 809 g/mol. The number of likely N-dealkylation sites (tertiary alicyclic amines) is 2. The fraction of sp³-hybridized carbons (Fsp3) is 0.393. The molecule has 4 atom stereocenters. The van der Waals surface area contributed by atoms with Crippen LogP contribution in [0.15, 0.2) is 144 Å². The second-order valence-corrected chi connectivity index (χ2v) is 23.9. The summed E-state index contributed by atoms with van der Waals surface area (Å²) in [6, 6.07) is 43.8. The van der Waals surface area contributed by atoms with Gasteiger partial charge in [-0.3, -0.25) is 19.4 Å². The van der Waals surface area contributed by atoms with Crippen LogP contribution >= 0.6 is 0 Å². The maximum absolute atomic E-state index is 14.8. The second kappa shape index (κ2) is 18.8. The third kappa shape index (κ3) is 8.46. The van der Waals surface area contributed by atoms with Gasteiger partial charge in [-0.2, -0.15) is 0 Å². The molecule has 3 aliphatic heterocycles. The number of phenolic OH excluding ortho intramolecular Hbond substituents is 1. The summed E-state index contributed by atoms with van der Waals surface area (Å²) in [7, 11) is -2.92. The van der Waals surface area contributed by atoms with E-state index in [4.69, 9.17) is 9.16 Å². The Balaban J connectivity index is 1.04. The molecule has 7 nitrogen and oxygen atoms in total. The molecule has 8 heteroatoms. The van der Waals surface area contributed by atoms with E-state index < -0.39 is 20.2 Å². The summed E-state index contributed by atoms with van der Waals surface area (Å²) in [5.74, 6) is -0.710. The number of ether oxygens (including phenoxy) is 1. The predicted molar refractivity (Wildman–Crippen MR) is 260 cm³/mol. The number of carbonyl (C=O) groups excluding carboxylic acids is 2. The van der Waals surface area contributed by atoms with Gasteiger partial charge in [-0.25, -0.2) is 0 Å². The SMILES string of the molecule is CCC/C(=C\c1ccc(O)c2ccccc12)CC[C@H]1OC[C@H]2C1=C(CO[Si](c1ccccc1)(c1ccccc1)C(C)(C)C)C[C@H]1C(=O)N(C3CCN(Cc4ccccc4)CC3)C(=O)[C@H]12. The van der Waals surface area contributed by atoms with E-state index in [0.29, 0.717) is 19.6 Å². The molecule has 0 bridgehead atoms. The smallest absolute Gasteiger partial charge is 0.261 e. The molecule has 4 aliphatic rings. The first-order valence-electron chi connectivity index (χ1n) is 23.7. The molecule has 332 valence electrons. The van der Waals surface area contributed by atoms with Gasteiger partial charge < -0.3 is 14.3 Å². The van der Waals surface area contributed by atoms with Crippen molar-refractivity contribution in [2.75, 3.05) is 26.3 Å². The lowest BCUT2D eigenvalue weighted by molar-refractivity contribution is -0.144. The zero-order valence-corrected chi connectivity index (χ0v) is 39.0. The summed E-state index contributed by atoms with van der Waals surface area (Å²) in [4.78, 5) is 33.8. The van der Waals surface area contributed by atoms with Gasteiger partial charge in [0.05, 0.1) is 31.2 Å². The van der Waals surface area contributed by atoms with Crippen LogP contribution in [0.25, 0.3) is 16.8 Å². The van der Waals surface area contributed by atoms with Gasteiger partial charge in [0.15, 0.2) is 0 Å². The van der Waals surface area contributed by atoms with Gasteiger partial charge in [0.2, 0.25) is 11.8 Å². The van der Waals surface area contributed by atoms with Gasteiger partial charge in [0, 0.05) is 37.0 Å². The average Bonchev–Trinajstić information content (AvgIpc) is 3.85. The number of phenols is 1. The standard InChI is InChI=1S/C56H64N2O5Si/c1-5-17-39(34-41-27-28-50(59)47-25-16-15-24-46(41)47)26-29-51-52-42(37-63-64(56(2,3)4,44-20-11-7-12-21-44)45-22-13-8-14-23-45)35-48-53(49(52)38-62-51)55(61)58(54(48)60)43-30-32-57(33-31-43)36-40-18-9-6-10-19-40/h6-16,18-25,27-28,34,43,48-49,51,53,59H,5,17,26,29-33,35-38H2,1-4H3/b39-34+/t48-,49+,51-,53-/m1/s1. The third-order valence-electron chi connectivity index (χ3n) is 14.7. The average molecular weight is 873 g/mol. The Morgan fingerprint density at radius 2 is 1.41 bits per heavy atom. The topological polar surface area (TPSA) is 79.3 Å². The Morgan fingerprint density at radius 1 is 0.781 bits per heavy atom. The first-order chi connectivity index (χ1) is 31.1. The molecule has 64 heavy (non-hydrogen) atoms. The van der Waals surface area contributed by atoms with Crippen LogP contribution in [-0.2, 0) is 25.3 Å². The predicted octanol–water partition coefficient (Wildman–Crippen LogP) is 10.1. The largest absolute Gasteiger partial charge is 0.507 e. The van der Waals surface area contributed by atoms with Crippen LogP contribution in [-0.4, -0.2) is 73.5 Å². The van der Waals surface area contributed by atoms with Crippen molar-refractivity contribution in [1.82, 2.24) is 9.80 Å². The Morgan fingerprint density at radius 3 is 2.05 bits per heavy atom. The molecule has 3 heterocycles. The maximum atomic E-state index is 14.8. The van der Waals surface area contributed by atoms with Crippen molar-refractivity contribution in [3.8, 4) is 5.75 Å². The van der Waals surface area contributed by atoms with Crippen LogP contribution in [0, 0.1) is 17.8 Å². The van der Waals surface area contributed by atoms with Crippen LogP contribution in [0.1, 0.15) is 83.8 Å². The van der Waals surface area contributed by atoms with Gasteiger partial charge >= 0.3 is 0 Å². The van der Waals surface area contributed by atoms with E-state index in [1.807, 2.05) is 30.3 Å². The monoisotopic (exact) mass is 872 g/mol. The quantitative estimate of drug-likeness (QED) is 0.0681. The van der Waals surface area contributed by atoms with Gasteiger partial charge in [-0.05, 0) is 87.7 Å². The number of aromatic hydroxyl groups is 1. The molecule has 0 aromatic heterocycles. The fourth-order valence-electron chi connectivity index (χ4n) is 11.7. The molecule has 2 amide bonds. The van der Waals surface area contributed by atoms with E-state index in [1.54, 1.807) is 11.0 Å². The number of amides is 2. The van der Waals surface area contributed by atoms with E-state index in [9.17, 15) is 14.7 Å². The molecule has 5 aromatic carbocycles. The van der Waals surface area contributed by atoms with Crippen molar-refractivity contribution in [3.63, 3.8) is 0 Å². The van der Waals surface area contributed by atoms with Crippen molar-refractivity contribution >= 4 is 47.4 Å². The number of piperidine rings is 1. The zero-order chi connectivity index (χ0) is 44.4. The van der Waals surface area contributed by atoms with E-state index in [1.165, 1.54) is 27.1 Å². The molecule has 0 saturated carbocycles. The lowest BCUT2D eigenvalue weighted by Gasteiger charge is -2.44. The van der Waals surface area contributed by atoms with Crippen LogP contribution < -0.4 is 10.4 Å². The van der Waals surface area contributed by atoms with Gasteiger partial charge in [0.1, 0.15) is 5.75 Å². The van der Waals surface area contributed by atoms with Crippen LogP contribution in [0.4, 0.5) is 0 Å². The van der Waals surface area contributed by atoms with Crippen LogP contribution in [0.3, 0.4) is 0 Å². The van der Waals surface area contributed by atoms with Crippen molar-refractivity contribution in [2.24, 2.45) is 17.8 Å². The molecule has 3 saturated heterocycles. The van der Waals surface area contributed by atoms with E-state index in [0.717, 1.165) is 80.1 Å². The molecule has 0 radical (unpaired) electrons. The number of nitrogens with zero attached hydrogens (tertiary/aromatic N) is 2. The lowest BCUT2D eigenvalue weighted by Crippen LogP contribution is -2.66. The van der Waals surface area contributed by atoms with E-state index in [2.05, 4.69) is 130 Å². The summed E-state index contributed by atoms with van der Waals surface area (Å²) in [6.45, 7) is 12.5. The van der Waals surface area contributed by atoms with Gasteiger partial charge in [-0.1, -0.05) is 167 Å². The number of allylic oxidation sites excluding steroid dienone is 1. The summed E-state index contributed by atoms with van der Waals surface area (Å²) < 4.78 is 14.5. The number of carbonyl (C=O) groups is 2. The fourth-order valence-corrected chi connectivity index (χ4v) is 16.2. The Hall–Kier alpha value is -5.12. The highest BCUT2D eigenvalue weighted by Crippen LogP contribution is 2.51. The van der Waals surface area contributed by atoms with Crippen LogP contribution in [0.5, 0.6) is 5.75 Å². The highest BCUT2D eigenvalue weighted by molar-refractivity contribution is 6.99. The summed E-state index contributed by atoms with van der Waals surface area (Å²) >= 11 is 0. The molecule has 0 unspecified atom stereocenters. The molecule has 9 rings (SSSR count). The van der Waals surface area contributed by atoms with Crippen molar-refractivity contribution in [2.45, 2.75) is 96.4 Å². The minimum Gasteiger partial charge on any atom is -0.507 e. The summed E-state index contributed by atoms with van der Waals surface area (Å²) in [5.41, 5.74) is 6.07. The lowest BCUT2D eigenvalue weighted by atomic mass is 9.69. The Bertz CT molecular complexity index is 2470. The van der Waals surface area contributed by atoms with Gasteiger partial charge in [0.25, 0.3) is 8.32 Å². The van der Waals surface area contributed by atoms with E-state index >= 15 is 0 Å². The Kier molecular flexibility index (Phi) is 12.9. The van der Waals surface area contributed by atoms with E-state index in [-0.39, 0.29) is 40.7 Å².